The Morgan fingerprint density at radius 3 is 2.47 bits per heavy atom. The van der Waals surface area contributed by atoms with Crippen LogP contribution in [-0.4, -0.2) is 29.9 Å². The normalized spacial score (nSPS) is 15.9. The number of anilines is 1. The van der Waals surface area contributed by atoms with E-state index in [1.165, 1.54) is 29.4 Å². The molecule has 1 atom stereocenters. The minimum absolute atomic E-state index is 0.0187. The maximum Gasteiger partial charge on any atom is 0.337 e. The third-order valence-corrected chi connectivity index (χ3v) is 6.32. The van der Waals surface area contributed by atoms with Crippen molar-refractivity contribution in [2.45, 2.75) is 19.4 Å². The lowest BCUT2D eigenvalue weighted by atomic mass is 9.94. The summed E-state index contributed by atoms with van der Waals surface area (Å²) in [6, 6.07) is 16.5. The van der Waals surface area contributed by atoms with Crippen molar-refractivity contribution in [1.29, 1.82) is 0 Å². The van der Waals surface area contributed by atoms with Gasteiger partial charge in [-0.25, -0.2) is 4.79 Å². The molecule has 0 fully saturated rings. The molecule has 1 unspecified atom stereocenters. The lowest BCUT2D eigenvalue weighted by Gasteiger charge is -2.27. The number of hydrogen-bond donors (Lipinski definition) is 1. The Morgan fingerprint density at radius 2 is 1.84 bits per heavy atom. The predicted molar refractivity (Wildman–Crippen MR) is 122 cm³/mol. The minimum Gasteiger partial charge on any atom is -0.503 e. The van der Waals surface area contributed by atoms with Crippen LogP contribution in [0.4, 0.5) is 5.69 Å². The van der Waals surface area contributed by atoms with Gasteiger partial charge in [-0.2, -0.15) is 0 Å². The highest BCUT2D eigenvalue weighted by Gasteiger charge is 2.45. The van der Waals surface area contributed by atoms with Crippen molar-refractivity contribution >= 4 is 34.7 Å². The van der Waals surface area contributed by atoms with Crippen LogP contribution < -0.4 is 4.90 Å². The Morgan fingerprint density at radius 1 is 1.09 bits per heavy atom. The van der Waals surface area contributed by atoms with E-state index in [2.05, 4.69) is 0 Å². The molecule has 1 amide bonds. The highest BCUT2D eigenvalue weighted by molar-refractivity contribution is 7.12. The molecule has 0 spiro atoms. The molecule has 0 radical (unpaired) electrons. The average molecular weight is 448 g/mol. The molecule has 1 N–H and O–H groups in total. The molecule has 1 aliphatic heterocycles. The smallest absolute Gasteiger partial charge is 0.337 e. The van der Waals surface area contributed by atoms with E-state index in [0.717, 1.165) is 12.0 Å². The fraction of sp³-hybridized carbons (Fsp3) is 0.160. The summed E-state index contributed by atoms with van der Waals surface area (Å²) in [6.07, 6.45) is 0.844. The number of nitrogens with zero attached hydrogens (tertiary/aromatic N) is 1. The highest BCUT2D eigenvalue weighted by atomic mass is 32.1. The summed E-state index contributed by atoms with van der Waals surface area (Å²) in [6.45, 7) is 2.04. The summed E-state index contributed by atoms with van der Waals surface area (Å²) in [7, 11) is 1.28. The van der Waals surface area contributed by atoms with E-state index in [1.807, 2.05) is 31.2 Å². The van der Waals surface area contributed by atoms with E-state index in [1.54, 1.807) is 35.7 Å². The number of Topliss-reactive ketones (excluding diaryl/α,β-unsaturated/α-hetero) is 1. The van der Waals surface area contributed by atoms with Crippen molar-refractivity contribution in [3.05, 3.63) is 98.9 Å². The minimum atomic E-state index is -0.837. The Labute approximate surface area is 189 Å². The summed E-state index contributed by atoms with van der Waals surface area (Å²) in [5.74, 6) is -2.23. The first-order valence-corrected chi connectivity index (χ1v) is 11.0. The van der Waals surface area contributed by atoms with Crippen LogP contribution >= 0.6 is 11.3 Å². The number of methoxy groups -OCH3 is 1. The maximum atomic E-state index is 13.3. The fourth-order valence-corrected chi connectivity index (χ4v) is 4.47. The predicted octanol–water partition coefficient (Wildman–Crippen LogP) is 4.88. The van der Waals surface area contributed by atoms with Crippen LogP contribution in [0.2, 0.25) is 0 Å². The zero-order valence-corrected chi connectivity index (χ0v) is 18.4. The monoisotopic (exact) mass is 447 g/mol. The first-order chi connectivity index (χ1) is 15.5. The maximum absolute atomic E-state index is 13.3. The van der Waals surface area contributed by atoms with Crippen LogP contribution in [0, 0.1) is 0 Å². The standard InChI is InChI=1S/C25H21NO5S/c1-3-15-9-11-16(12-10-15)21-20(22(27)19-8-5-13-32-19)23(28)24(29)26(21)18-7-4-6-17(14-18)25(30)31-2/h4-14,21,28H,3H2,1-2H3. The Kier molecular flexibility index (Phi) is 5.92. The number of thiophene rings is 1. The first kappa shape index (κ1) is 21.5. The van der Waals surface area contributed by atoms with Gasteiger partial charge in [0.25, 0.3) is 5.91 Å². The quantitative estimate of drug-likeness (QED) is 0.430. The fourth-order valence-electron chi connectivity index (χ4n) is 3.80. The second-order valence-electron chi connectivity index (χ2n) is 7.28. The molecule has 0 bridgehead atoms. The van der Waals surface area contributed by atoms with Crippen LogP contribution in [0.15, 0.2) is 77.4 Å². The van der Waals surface area contributed by atoms with Crippen molar-refractivity contribution < 1.29 is 24.2 Å². The van der Waals surface area contributed by atoms with Gasteiger partial charge in [0.15, 0.2) is 5.76 Å². The van der Waals surface area contributed by atoms with Crippen molar-refractivity contribution in [3.63, 3.8) is 0 Å². The molecule has 1 aromatic heterocycles. The molecule has 4 rings (SSSR count). The summed E-state index contributed by atoms with van der Waals surface area (Å²) in [5.41, 5.74) is 2.45. The van der Waals surface area contributed by atoms with Gasteiger partial charge in [-0.1, -0.05) is 43.3 Å². The summed E-state index contributed by atoms with van der Waals surface area (Å²) in [5, 5.41) is 12.6. The Hall–Kier alpha value is -3.71. The van der Waals surface area contributed by atoms with Gasteiger partial charge >= 0.3 is 5.97 Å². The van der Waals surface area contributed by atoms with E-state index in [-0.39, 0.29) is 11.1 Å². The molecule has 7 heteroatoms. The van der Waals surface area contributed by atoms with Gasteiger partial charge in [0.05, 0.1) is 29.2 Å². The van der Waals surface area contributed by atoms with E-state index >= 15 is 0 Å². The van der Waals surface area contributed by atoms with Crippen molar-refractivity contribution in [1.82, 2.24) is 0 Å². The molecule has 0 saturated carbocycles. The van der Waals surface area contributed by atoms with Crippen molar-refractivity contribution in [2.75, 3.05) is 12.0 Å². The third kappa shape index (κ3) is 3.71. The van der Waals surface area contributed by atoms with Gasteiger partial charge in [-0.3, -0.25) is 14.5 Å². The molecule has 0 saturated heterocycles. The van der Waals surface area contributed by atoms with Gasteiger partial charge in [-0.15, -0.1) is 11.3 Å². The van der Waals surface area contributed by atoms with Crippen LogP contribution in [0.5, 0.6) is 0 Å². The van der Waals surface area contributed by atoms with Gasteiger partial charge in [0.1, 0.15) is 0 Å². The van der Waals surface area contributed by atoms with E-state index in [9.17, 15) is 19.5 Å². The Balaban J connectivity index is 1.86. The number of carbonyl (C=O) groups is 3. The molecule has 1 aliphatic rings. The highest BCUT2D eigenvalue weighted by Crippen LogP contribution is 2.42. The van der Waals surface area contributed by atoms with E-state index < -0.39 is 29.5 Å². The molecule has 6 nitrogen and oxygen atoms in total. The van der Waals surface area contributed by atoms with Crippen LogP contribution in [0.3, 0.4) is 0 Å². The van der Waals surface area contributed by atoms with Crippen LogP contribution in [0.25, 0.3) is 0 Å². The first-order valence-electron chi connectivity index (χ1n) is 10.1. The number of esters is 1. The number of aliphatic hydroxyl groups excluding tert-OH is 1. The number of carbonyl (C=O) groups excluding carboxylic acids is 3. The molecular formula is C25H21NO5S. The third-order valence-electron chi connectivity index (χ3n) is 5.45. The van der Waals surface area contributed by atoms with E-state index in [0.29, 0.717) is 16.1 Å². The molecule has 162 valence electrons. The molecular weight excluding hydrogens is 426 g/mol. The lowest BCUT2D eigenvalue weighted by molar-refractivity contribution is -0.117. The Bertz CT molecular complexity index is 1210. The lowest BCUT2D eigenvalue weighted by Crippen LogP contribution is -2.31. The number of aryl methyl sites for hydroxylation is 1. The number of benzene rings is 2. The number of hydrogen-bond acceptors (Lipinski definition) is 6. The van der Waals surface area contributed by atoms with Crippen molar-refractivity contribution in [2.24, 2.45) is 0 Å². The number of amides is 1. The molecule has 3 aromatic rings. The van der Waals surface area contributed by atoms with Gasteiger partial charge in [-0.05, 0) is 47.2 Å². The SMILES string of the molecule is CCc1ccc(C2C(C(=O)c3cccs3)=C(O)C(=O)N2c2cccc(C(=O)OC)c2)cc1. The zero-order valence-electron chi connectivity index (χ0n) is 17.6. The average Bonchev–Trinajstić information content (AvgIpc) is 3.46. The van der Waals surface area contributed by atoms with Crippen LogP contribution in [0.1, 0.15) is 44.1 Å². The summed E-state index contributed by atoms with van der Waals surface area (Å²) < 4.78 is 4.79. The summed E-state index contributed by atoms with van der Waals surface area (Å²) in [4.78, 5) is 40.3. The second kappa shape index (κ2) is 8.80. The number of ketones is 1. The van der Waals surface area contributed by atoms with Gasteiger partial charge < -0.3 is 9.84 Å². The number of rotatable bonds is 6. The largest absolute Gasteiger partial charge is 0.503 e. The second-order valence-corrected chi connectivity index (χ2v) is 8.23. The van der Waals surface area contributed by atoms with E-state index in [4.69, 9.17) is 4.74 Å². The van der Waals surface area contributed by atoms with Gasteiger partial charge in [0, 0.05) is 5.69 Å². The summed E-state index contributed by atoms with van der Waals surface area (Å²) >= 11 is 1.24. The van der Waals surface area contributed by atoms with Gasteiger partial charge in [0.2, 0.25) is 5.78 Å². The number of aliphatic hydroxyl groups is 1. The topological polar surface area (TPSA) is 83.9 Å². The van der Waals surface area contributed by atoms with Crippen LogP contribution in [-0.2, 0) is 16.0 Å². The van der Waals surface area contributed by atoms with Crippen molar-refractivity contribution in [3.8, 4) is 0 Å². The zero-order chi connectivity index (χ0) is 22.8. The molecule has 2 aromatic carbocycles. The number of ether oxygens (including phenoxy) is 1. The molecule has 0 aliphatic carbocycles. The molecule has 2 heterocycles. The molecule has 32 heavy (non-hydrogen) atoms.